The first kappa shape index (κ1) is 52.6. The van der Waals surface area contributed by atoms with E-state index in [1.54, 1.807) is 0 Å². The summed E-state index contributed by atoms with van der Waals surface area (Å²) >= 11 is 0. The number of carbonyl (C=O) groups excluding carboxylic acids is 1. The third-order valence-electron chi connectivity index (χ3n) is 11.1. The Morgan fingerprint density at radius 3 is 1.04 bits per heavy atom. The Bertz CT molecular complexity index is 784. The van der Waals surface area contributed by atoms with E-state index in [9.17, 15) is 4.79 Å². The Hall–Kier alpha value is -1.35. The van der Waals surface area contributed by atoms with Crippen LogP contribution in [-0.2, 0) is 9.53 Å². The van der Waals surface area contributed by atoms with E-state index >= 15 is 0 Å². The summed E-state index contributed by atoms with van der Waals surface area (Å²) in [5.74, 6) is 0.00794. The second-order valence-electron chi connectivity index (χ2n) is 16.5. The number of allylic oxidation sites excluding steroid dienone is 6. The fraction of sp³-hybridized carbons (Fsp3) is 0.863. The molecule has 318 valence electrons. The van der Waals surface area contributed by atoms with E-state index in [-0.39, 0.29) is 5.97 Å². The summed E-state index contributed by atoms with van der Waals surface area (Å²) in [6, 6.07) is 0. The van der Waals surface area contributed by atoms with Crippen LogP contribution in [0, 0.1) is 0 Å². The van der Waals surface area contributed by atoms with E-state index in [1.807, 2.05) is 0 Å². The highest BCUT2D eigenvalue weighted by molar-refractivity contribution is 5.69. The number of esters is 1. The molecule has 0 atom stereocenters. The number of hydrogen-bond acceptors (Lipinski definition) is 3. The van der Waals surface area contributed by atoms with Gasteiger partial charge in [0.2, 0.25) is 0 Å². The topological polar surface area (TPSA) is 46.5 Å². The van der Waals surface area contributed by atoms with Crippen LogP contribution < -0.4 is 0 Å². The fourth-order valence-electron chi connectivity index (χ4n) is 7.49. The number of ether oxygens (including phenoxy) is 1. The standard InChI is InChI=1S/C51H96O3/c1-2-3-4-5-6-7-8-9-27-30-33-36-39-42-45-48-51(53)54-50-47-44-41-38-35-32-29-26-24-22-20-18-16-14-12-10-11-13-15-17-19-21-23-25-28-31-34-37-40-43-46-49-52/h3-4,6-7,9,27,52H,2,5,8,10-26,28-50H2,1H3/b4-3-,7-6-,27-9-. The molecule has 3 nitrogen and oxygen atoms in total. The molecule has 0 aliphatic heterocycles. The second-order valence-corrected chi connectivity index (χ2v) is 16.5. The molecule has 0 radical (unpaired) electrons. The smallest absolute Gasteiger partial charge is 0.305 e. The van der Waals surface area contributed by atoms with Crippen molar-refractivity contribution in [3.63, 3.8) is 0 Å². The number of rotatable bonds is 46. The molecular weight excluding hydrogens is 661 g/mol. The lowest BCUT2D eigenvalue weighted by Crippen LogP contribution is -2.05. The van der Waals surface area contributed by atoms with Gasteiger partial charge in [0.1, 0.15) is 0 Å². The number of aliphatic hydroxyl groups is 1. The zero-order valence-electron chi connectivity index (χ0n) is 36.6. The molecule has 0 fully saturated rings. The highest BCUT2D eigenvalue weighted by Gasteiger charge is 2.03. The normalized spacial score (nSPS) is 12.0. The van der Waals surface area contributed by atoms with E-state index < -0.39 is 0 Å². The molecule has 0 bridgehead atoms. The van der Waals surface area contributed by atoms with Crippen LogP contribution >= 0.6 is 0 Å². The summed E-state index contributed by atoms with van der Waals surface area (Å²) in [5.41, 5.74) is 0. The van der Waals surface area contributed by atoms with Gasteiger partial charge in [-0.25, -0.2) is 0 Å². The van der Waals surface area contributed by atoms with Gasteiger partial charge in [-0.2, -0.15) is 0 Å². The number of aliphatic hydroxyl groups excluding tert-OH is 1. The largest absolute Gasteiger partial charge is 0.466 e. The minimum atomic E-state index is 0.00794. The minimum Gasteiger partial charge on any atom is -0.466 e. The Labute approximate surface area is 339 Å². The van der Waals surface area contributed by atoms with Gasteiger partial charge in [-0.3, -0.25) is 4.79 Å². The summed E-state index contributed by atoms with van der Waals surface area (Å²) < 4.78 is 5.47. The van der Waals surface area contributed by atoms with Crippen LogP contribution in [0.15, 0.2) is 36.5 Å². The van der Waals surface area contributed by atoms with Gasteiger partial charge in [-0.15, -0.1) is 0 Å². The van der Waals surface area contributed by atoms with Crippen LogP contribution in [0.4, 0.5) is 0 Å². The number of hydrogen-bond donors (Lipinski definition) is 1. The average Bonchev–Trinajstić information content (AvgIpc) is 3.18. The van der Waals surface area contributed by atoms with Crippen LogP contribution in [0.3, 0.4) is 0 Å². The molecule has 1 N–H and O–H groups in total. The quantitative estimate of drug-likeness (QED) is 0.0382. The highest BCUT2D eigenvalue weighted by Crippen LogP contribution is 2.17. The number of carbonyl (C=O) groups is 1. The molecule has 54 heavy (non-hydrogen) atoms. The van der Waals surface area contributed by atoms with Crippen molar-refractivity contribution in [1.29, 1.82) is 0 Å². The van der Waals surface area contributed by atoms with Gasteiger partial charge in [-0.1, -0.05) is 249 Å². The zero-order chi connectivity index (χ0) is 38.9. The lowest BCUT2D eigenvalue weighted by atomic mass is 10.0. The molecule has 0 unspecified atom stereocenters. The van der Waals surface area contributed by atoms with Gasteiger partial charge in [-0.05, 0) is 51.4 Å². The summed E-state index contributed by atoms with van der Waals surface area (Å²) in [7, 11) is 0. The maximum absolute atomic E-state index is 12.0. The molecule has 0 heterocycles. The molecule has 0 saturated heterocycles. The molecule has 0 rings (SSSR count). The van der Waals surface area contributed by atoms with Crippen LogP contribution in [0.1, 0.15) is 270 Å². The fourth-order valence-corrected chi connectivity index (χ4v) is 7.49. The maximum atomic E-state index is 12.0. The SMILES string of the molecule is CC/C=C\C/C=C\C/C=C\CCCCCCCC(=O)OCCCCCCCCCCCCCCCCCCCCCCCCCCCCCCCCCO. The molecule has 0 aliphatic rings. The summed E-state index contributed by atoms with van der Waals surface area (Å²) in [6.45, 7) is 3.15. The van der Waals surface area contributed by atoms with Crippen molar-refractivity contribution >= 4 is 5.97 Å². The molecule has 0 spiro atoms. The van der Waals surface area contributed by atoms with Gasteiger partial charge in [0.15, 0.2) is 0 Å². The maximum Gasteiger partial charge on any atom is 0.305 e. The Morgan fingerprint density at radius 2 is 0.667 bits per heavy atom. The van der Waals surface area contributed by atoms with Crippen LogP contribution in [0.25, 0.3) is 0 Å². The van der Waals surface area contributed by atoms with E-state index in [0.29, 0.717) is 19.6 Å². The van der Waals surface area contributed by atoms with Crippen molar-refractivity contribution in [2.24, 2.45) is 0 Å². The highest BCUT2D eigenvalue weighted by atomic mass is 16.5. The summed E-state index contributed by atoms with van der Waals surface area (Å²) in [5, 5.41) is 8.81. The monoisotopic (exact) mass is 757 g/mol. The zero-order valence-corrected chi connectivity index (χ0v) is 36.6. The third kappa shape index (κ3) is 48.7. The van der Waals surface area contributed by atoms with Gasteiger partial charge in [0.25, 0.3) is 0 Å². The Balaban J connectivity index is 3.17. The second kappa shape index (κ2) is 49.7. The van der Waals surface area contributed by atoms with Gasteiger partial charge in [0, 0.05) is 13.0 Å². The van der Waals surface area contributed by atoms with Crippen molar-refractivity contribution in [3.05, 3.63) is 36.5 Å². The van der Waals surface area contributed by atoms with Gasteiger partial charge < -0.3 is 9.84 Å². The number of unbranched alkanes of at least 4 members (excludes halogenated alkanes) is 35. The minimum absolute atomic E-state index is 0.00794. The summed E-state index contributed by atoms with van der Waals surface area (Å²) in [4.78, 5) is 12.0. The Morgan fingerprint density at radius 1 is 0.370 bits per heavy atom. The molecular formula is C51H96O3. The van der Waals surface area contributed by atoms with Crippen molar-refractivity contribution in [1.82, 2.24) is 0 Å². The third-order valence-corrected chi connectivity index (χ3v) is 11.1. The lowest BCUT2D eigenvalue weighted by molar-refractivity contribution is -0.143. The van der Waals surface area contributed by atoms with Crippen molar-refractivity contribution < 1.29 is 14.6 Å². The predicted molar refractivity (Wildman–Crippen MR) is 240 cm³/mol. The summed E-state index contributed by atoms with van der Waals surface area (Å²) in [6.07, 6.45) is 67.2. The lowest BCUT2D eigenvalue weighted by Gasteiger charge is -2.06. The van der Waals surface area contributed by atoms with Crippen LogP contribution in [0.2, 0.25) is 0 Å². The van der Waals surface area contributed by atoms with Crippen molar-refractivity contribution in [3.8, 4) is 0 Å². The predicted octanol–water partition coefficient (Wildman–Crippen LogP) is 17.2. The van der Waals surface area contributed by atoms with Crippen LogP contribution in [-0.4, -0.2) is 24.3 Å². The first-order valence-corrected chi connectivity index (χ1v) is 24.5. The van der Waals surface area contributed by atoms with E-state index in [0.717, 1.165) is 44.9 Å². The molecule has 0 aliphatic carbocycles. The molecule has 3 heteroatoms. The van der Waals surface area contributed by atoms with Crippen molar-refractivity contribution in [2.75, 3.05) is 13.2 Å². The molecule has 0 aromatic heterocycles. The Kier molecular flexibility index (Phi) is 48.4. The first-order chi connectivity index (χ1) is 26.8. The van der Waals surface area contributed by atoms with E-state index in [1.165, 1.54) is 212 Å². The van der Waals surface area contributed by atoms with E-state index in [2.05, 4.69) is 43.4 Å². The van der Waals surface area contributed by atoms with E-state index in [4.69, 9.17) is 9.84 Å². The molecule has 0 amide bonds. The van der Waals surface area contributed by atoms with Crippen LogP contribution in [0.5, 0.6) is 0 Å². The first-order valence-electron chi connectivity index (χ1n) is 24.5. The molecule has 0 aromatic carbocycles. The van der Waals surface area contributed by atoms with Crippen molar-refractivity contribution in [2.45, 2.75) is 270 Å². The van der Waals surface area contributed by atoms with Gasteiger partial charge >= 0.3 is 5.97 Å². The molecule has 0 saturated carbocycles. The van der Waals surface area contributed by atoms with Gasteiger partial charge in [0.05, 0.1) is 6.61 Å². The molecule has 0 aromatic rings. The average molecular weight is 757 g/mol.